The van der Waals surface area contributed by atoms with E-state index in [1.54, 1.807) is 23.9 Å². The van der Waals surface area contributed by atoms with E-state index in [0.717, 1.165) is 15.8 Å². The highest BCUT2D eigenvalue weighted by atomic mass is 32.2. The van der Waals surface area contributed by atoms with Crippen LogP contribution in [0.4, 0.5) is 4.39 Å². The lowest BCUT2D eigenvalue weighted by atomic mass is 10.3. The lowest BCUT2D eigenvalue weighted by Crippen LogP contribution is -2.12. The Bertz CT molecular complexity index is 704. The third-order valence-electron chi connectivity index (χ3n) is 2.73. The average Bonchev–Trinajstić information content (AvgIpc) is 2.92. The fourth-order valence-electron chi connectivity index (χ4n) is 1.99. The lowest BCUT2D eigenvalue weighted by molar-refractivity contribution is 0.0993. The number of allylic oxidation sites excluding steroid dienone is 2. The van der Waals surface area contributed by atoms with Crippen molar-refractivity contribution in [1.29, 1.82) is 0 Å². The summed E-state index contributed by atoms with van der Waals surface area (Å²) in [7, 11) is -0.973. The summed E-state index contributed by atoms with van der Waals surface area (Å²) in [5.41, 5.74) is 6.43. The number of rotatable bonds is 2. The van der Waals surface area contributed by atoms with Gasteiger partial charge in [0.2, 0.25) is 0 Å². The summed E-state index contributed by atoms with van der Waals surface area (Å²) in [6.07, 6.45) is 4.68. The van der Waals surface area contributed by atoms with Gasteiger partial charge in [-0.05, 0) is 23.0 Å². The number of fused-ring (bicyclic) bond motifs is 1. The molecule has 6 heteroatoms. The van der Waals surface area contributed by atoms with Crippen LogP contribution >= 0.6 is 10.9 Å². The van der Waals surface area contributed by atoms with Crippen molar-refractivity contribution in [3.05, 3.63) is 46.9 Å². The van der Waals surface area contributed by atoms with E-state index in [4.69, 9.17) is 5.73 Å². The van der Waals surface area contributed by atoms with Gasteiger partial charge in [0.15, 0.2) is 0 Å². The third kappa shape index (κ3) is 1.62. The van der Waals surface area contributed by atoms with Gasteiger partial charge in [-0.15, -0.1) is 0 Å². The molecule has 0 bridgehead atoms. The number of H-pyrrole nitrogens is 1. The van der Waals surface area contributed by atoms with Crippen molar-refractivity contribution < 1.29 is 9.18 Å². The van der Waals surface area contributed by atoms with Crippen LogP contribution in [0, 0.1) is 0 Å². The van der Waals surface area contributed by atoms with E-state index in [2.05, 4.69) is 9.97 Å². The predicted octanol–water partition coefficient (Wildman–Crippen LogP) is 2.36. The van der Waals surface area contributed by atoms with Crippen molar-refractivity contribution in [2.45, 2.75) is 4.90 Å². The van der Waals surface area contributed by atoms with Crippen molar-refractivity contribution >= 4 is 27.7 Å². The Hall–Kier alpha value is -2.08. The van der Waals surface area contributed by atoms with Gasteiger partial charge in [-0.2, -0.15) is 10.9 Å². The topological polar surface area (TPSA) is 71.8 Å². The molecule has 2 aromatic heterocycles. The molecule has 0 spiro atoms. The number of hydrogen-bond acceptors (Lipinski definition) is 2. The molecule has 92 valence electrons. The molecule has 1 atom stereocenters. The molecule has 0 saturated carbocycles. The van der Waals surface area contributed by atoms with Crippen molar-refractivity contribution in [1.82, 2.24) is 9.97 Å². The summed E-state index contributed by atoms with van der Waals surface area (Å²) in [6, 6.07) is 1.80. The molecule has 3 rings (SSSR count). The molecular weight excluding hydrogens is 253 g/mol. The van der Waals surface area contributed by atoms with Crippen LogP contribution < -0.4 is 5.73 Å². The first-order valence-corrected chi connectivity index (χ1v) is 6.74. The van der Waals surface area contributed by atoms with E-state index in [1.165, 1.54) is 11.5 Å². The highest BCUT2D eigenvalue weighted by Crippen LogP contribution is 2.49. The Morgan fingerprint density at radius 1 is 1.50 bits per heavy atom. The fraction of sp³-hybridized carbons (Fsp3) is 0. The standard InChI is InChI=1S/C12H10FN3OS/c13-7-2-4-18(6-7)11-8-1-3-15-5-9(8)16-10(11)12(14)17/h1-6,16,18H,(H2,14,17). The quantitative estimate of drug-likeness (QED) is 0.728. The van der Waals surface area contributed by atoms with Crippen molar-refractivity contribution in [2.75, 3.05) is 0 Å². The van der Waals surface area contributed by atoms with Crippen LogP contribution in [0.1, 0.15) is 10.5 Å². The molecule has 1 aliphatic heterocycles. The number of hydrogen-bond donors (Lipinski definition) is 3. The number of nitrogens with one attached hydrogen (secondary N) is 1. The Morgan fingerprint density at radius 3 is 3.00 bits per heavy atom. The molecular formula is C12H10FN3OS. The van der Waals surface area contributed by atoms with Crippen LogP contribution in [0.15, 0.2) is 46.1 Å². The van der Waals surface area contributed by atoms with E-state index in [-0.39, 0.29) is 5.83 Å². The maximum absolute atomic E-state index is 13.2. The van der Waals surface area contributed by atoms with Gasteiger partial charge >= 0.3 is 0 Å². The predicted molar refractivity (Wildman–Crippen MR) is 70.2 cm³/mol. The number of primary amides is 1. The van der Waals surface area contributed by atoms with E-state index >= 15 is 0 Å². The third-order valence-corrected chi connectivity index (χ3v) is 4.71. The summed E-state index contributed by atoms with van der Waals surface area (Å²) in [5.74, 6) is -0.822. The molecule has 3 heterocycles. The Kier molecular flexibility index (Phi) is 2.45. The first-order chi connectivity index (χ1) is 8.66. The van der Waals surface area contributed by atoms with Gasteiger partial charge in [0.1, 0.15) is 11.5 Å². The number of pyridine rings is 1. The van der Waals surface area contributed by atoms with E-state index in [9.17, 15) is 9.18 Å². The van der Waals surface area contributed by atoms with Crippen LogP contribution in [0.5, 0.6) is 0 Å². The number of carbonyl (C=O) groups excluding carboxylic acids is 1. The number of amides is 1. The summed E-state index contributed by atoms with van der Waals surface area (Å²) in [5, 5.41) is 4.14. The van der Waals surface area contributed by atoms with E-state index in [0.29, 0.717) is 5.69 Å². The molecule has 18 heavy (non-hydrogen) atoms. The van der Waals surface area contributed by atoms with Crippen molar-refractivity contribution in [3.8, 4) is 0 Å². The van der Waals surface area contributed by atoms with Crippen LogP contribution in [-0.2, 0) is 0 Å². The minimum Gasteiger partial charge on any atom is -0.364 e. The molecule has 1 unspecified atom stereocenters. The zero-order valence-electron chi connectivity index (χ0n) is 9.22. The minimum absolute atomic E-state index is 0.278. The molecule has 1 aliphatic rings. The highest BCUT2D eigenvalue weighted by Gasteiger charge is 2.21. The second kappa shape index (κ2) is 3.99. The second-order valence-electron chi connectivity index (χ2n) is 3.87. The summed E-state index contributed by atoms with van der Waals surface area (Å²) < 4.78 is 13.2. The van der Waals surface area contributed by atoms with Gasteiger partial charge in [-0.25, -0.2) is 4.39 Å². The van der Waals surface area contributed by atoms with Crippen molar-refractivity contribution in [2.24, 2.45) is 5.73 Å². The molecule has 0 aliphatic carbocycles. The normalized spacial score (nSPS) is 20.3. The fourth-order valence-corrected chi connectivity index (χ4v) is 3.90. The largest absolute Gasteiger partial charge is 0.364 e. The van der Waals surface area contributed by atoms with E-state index in [1.807, 2.05) is 0 Å². The number of carbonyl (C=O) groups is 1. The number of aromatic amines is 1. The number of aromatic nitrogens is 2. The Morgan fingerprint density at radius 2 is 2.33 bits per heavy atom. The molecule has 2 aromatic rings. The summed E-state index contributed by atoms with van der Waals surface area (Å²) >= 11 is 0. The number of nitrogens with zero attached hydrogens (tertiary/aromatic N) is 1. The zero-order valence-corrected chi connectivity index (χ0v) is 10.1. The SMILES string of the molecule is NC(=O)c1[nH]c2cnccc2c1[SH]1C=CC(F)=C1. The summed E-state index contributed by atoms with van der Waals surface area (Å²) in [4.78, 5) is 19.2. The van der Waals surface area contributed by atoms with Gasteiger partial charge in [-0.1, -0.05) is 0 Å². The molecule has 4 nitrogen and oxygen atoms in total. The lowest BCUT2D eigenvalue weighted by Gasteiger charge is -2.10. The van der Waals surface area contributed by atoms with Crippen LogP contribution in [-0.4, -0.2) is 15.9 Å². The molecule has 3 N–H and O–H groups in total. The maximum Gasteiger partial charge on any atom is 0.266 e. The smallest absolute Gasteiger partial charge is 0.266 e. The van der Waals surface area contributed by atoms with Gasteiger partial charge in [0.05, 0.1) is 11.7 Å². The number of thiol groups is 1. The van der Waals surface area contributed by atoms with Crippen LogP contribution in [0.2, 0.25) is 0 Å². The molecule has 0 radical (unpaired) electrons. The van der Waals surface area contributed by atoms with Gasteiger partial charge < -0.3 is 10.7 Å². The van der Waals surface area contributed by atoms with Gasteiger partial charge in [0.25, 0.3) is 5.91 Å². The van der Waals surface area contributed by atoms with Crippen LogP contribution in [0.3, 0.4) is 0 Å². The first kappa shape index (κ1) is 11.0. The maximum atomic E-state index is 13.2. The van der Waals surface area contributed by atoms with Crippen LogP contribution in [0.25, 0.3) is 10.9 Å². The Balaban J connectivity index is 2.28. The molecule has 0 aromatic carbocycles. The van der Waals surface area contributed by atoms with Gasteiger partial charge in [-0.3, -0.25) is 9.78 Å². The second-order valence-corrected chi connectivity index (χ2v) is 5.69. The monoisotopic (exact) mass is 263 g/mol. The average molecular weight is 263 g/mol. The van der Waals surface area contributed by atoms with Gasteiger partial charge in [0, 0.05) is 16.5 Å². The minimum atomic E-state index is -0.973. The molecule has 0 fully saturated rings. The molecule has 0 saturated heterocycles. The highest BCUT2D eigenvalue weighted by molar-refractivity contribution is 8.22. The number of halogens is 1. The number of nitrogens with two attached hydrogens (primary N) is 1. The molecule has 1 amide bonds. The zero-order chi connectivity index (χ0) is 12.7. The first-order valence-electron chi connectivity index (χ1n) is 5.26. The van der Waals surface area contributed by atoms with Crippen molar-refractivity contribution in [3.63, 3.8) is 0 Å². The summed E-state index contributed by atoms with van der Waals surface area (Å²) in [6.45, 7) is 0. The Labute approximate surface area is 105 Å². The van der Waals surface area contributed by atoms with E-state index < -0.39 is 16.8 Å².